The average Bonchev–Trinajstić information content (AvgIpc) is 2.45. The molecule has 0 aliphatic heterocycles. The standard InChI is InChI=1S/C13H12ClN3O2/c1-19-10-4-2-3-9(5-10)6-16-13(18)11-7-15-8-12(14)17-11/h2-5,7-8H,6H2,1H3,(H,16,18). The minimum absolute atomic E-state index is 0.189. The summed E-state index contributed by atoms with van der Waals surface area (Å²) in [5.41, 5.74) is 1.12. The van der Waals surface area contributed by atoms with Crippen molar-refractivity contribution >= 4 is 17.5 Å². The number of aromatic nitrogens is 2. The molecule has 2 rings (SSSR count). The van der Waals surface area contributed by atoms with Gasteiger partial charge < -0.3 is 10.1 Å². The van der Waals surface area contributed by atoms with Gasteiger partial charge in [-0.05, 0) is 17.7 Å². The molecule has 0 spiro atoms. The Labute approximate surface area is 115 Å². The van der Waals surface area contributed by atoms with Crippen molar-refractivity contribution in [2.24, 2.45) is 0 Å². The van der Waals surface area contributed by atoms with Crippen molar-refractivity contribution in [2.75, 3.05) is 7.11 Å². The number of ether oxygens (including phenoxy) is 1. The third-order valence-electron chi connectivity index (χ3n) is 2.43. The monoisotopic (exact) mass is 277 g/mol. The molecule has 2 aromatic rings. The van der Waals surface area contributed by atoms with Gasteiger partial charge in [0.1, 0.15) is 16.6 Å². The van der Waals surface area contributed by atoms with Crippen molar-refractivity contribution in [3.63, 3.8) is 0 Å². The fourth-order valence-electron chi connectivity index (χ4n) is 1.51. The Balaban J connectivity index is 2.00. The van der Waals surface area contributed by atoms with Gasteiger partial charge in [-0.3, -0.25) is 9.78 Å². The van der Waals surface area contributed by atoms with Gasteiger partial charge in [0.05, 0.1) is 19.5 Å². The number of amides is 1. The summed E-state index contributed by atoms with van der Waals surface area (Å²) in [5.74, 6) is 0.423. The number of carbonyl (C=O) groups is 1. The number of halogens is 1. The highest BCUT2D eigenvalue weighted by molar-refractivity contribution is 6.29. The second-order valence-electron chi connectivity index (χ2n) is 3.76. The number of rotatable bonds is 4. The van der Waals surface area contributed by atoms with Crippen molar-refractivity contribution in [3.8, 4) is 5.75 Å². The zero-order valence-corrected chi connectivity index (χ0v) is 11.0. The van der Waals surface area contributed by atoms with Gasteiger partial charge >= 0.3 is 0 Å². The van der Waals surface area contributed by atoms with Gasteiger partial charge in [-0.15, -0.1) is 0 Å². The van der Waals surface area contributed by atoms with Gasteiger partial charge in [-0.25, -0.2) is 4.98 Å². The van der Waals surface area contributed by atoms with Crippen molar-refractivity contribution in [2.45, 2.75) is 6.54 Å². The number of carbonyl (C=O) groups excluding carboxylic acids is 1. The Morgan fingerprint density at radius 2 is 2.26 bits per heavy atom. The number of hydrogen-bond donors (Lipinski definition) is 1. The highest BCUT2D eigenvalue weighted by Gasteiger charge is 2.08. The summed E-state index contributed by atoms with van der Waals surface area (Å²) in [4.78, 5) is 19.5. The quantitative estimate of drug-likeness (QED) is 0.929. The van der Waals surface area contributed by atoms with Crippen LogP contribution in [0, 0.1) is 0 Å². The van der Waals surface area contributed by atoms with Crippen LogP contribution in [0.25, 0.3) is 0 Å². The van der Waals surface area contributed by atoms with Crippen molar-refractivity contribution in [1.29, 1.82) is 0 Å². The fourth-order valence-corrected chi connectivity index (χ4v) is 1.65. The van der Waals surface area contributed by atoms with E-state index < -0.39 is 0 Å². The minimum Gasteiger partial charge on any atom is -0.497 e. The molecular weight excluding hydrogens is 266 g/mol. The molecule has 0 atom stereocenters. The summed E-state index contributed by atoms with van der Waals surface area (Å²) in [6.45, 7) is 0.379. The lowest BCUT2D eigenvalue weighted by Crippen LogP contribution is -2.24. The normalized spacial score (nSPS) is 10.0. The Bertz CT molecular complexity index is 590. The van der Waals surface area contributed by atoms with Crippen LogP contribution in [-0.4, -0.2) is 23.0 Å². The van der Waals surface area contributed by atoms with Crippen molar-refractivity contribution in [3.05, 3.63) is 53.1 Å². The summed E-state index contributed by atoms with van der Waals surface area (Å²) in [6.07, 6.45) is 2.74. The molecule has 0 unspecified atom stereocenters. The van der Waals surface area contributed by atoms with E-state index in [1.165, 1.54) is 12.4 Å². The highest BCUT2D eigenvalue weighted by Crippen LogP contribution is 2.12. The number of hydrogen-bond acceptors (Lipinski definition) is 4. The predicted molar refractivity (Wildman–Crippen MR) is 71.2 cm³/mol. The largest absolute Gasteiger partial charge is 0.497 e. The van der Waals surface area contributed by atoms with Gasteiger partial charge in [0.2, 0.25) is 0 Å². The average molecular weight is 278 g/mol. The topological polar surface area (TPSA) is 64.1 Å². The third-order valence-corrected chi connectivity index (χ3v) is 2.61. The second kappa shape index (κ2) is 6.15. The van der Waals surface area contributed by atoms with Crippen LogP contribution >= 0.6 is 11.6 Å². The maximum atomic E-state index is 11.8. The first-order valence-electron chi connectivity index (χ1n) is 5.57. The molecule has 1 heterocycles. The maximum absolute atomic E-state index is 11.8. The maximum Gasteiger partial charge on any atom is 0.271 e. The van der Waals surface area contributed by atoms with Crippen LogP contribution in [0.5, 0.6) is 5.75 Å². The van der Waals surface area contributed by atoms with Crippen LogP contribution in [0.15, 0.2) is 36.7 Å². The van der Waals surface area contributed by atoms with Gasteiger partial charge in [0.15, 0.2) is 0 Å². The molecule has 1 amide bonds. The summed E-state index contributed by atoms with van der Waals surface area (Å²) in [5, 5.41) is 2.93. The molecule has 0 aliphatic carbocycles. The number of methoxy groups -OCH3 is 1. The van der Waals surface area contributed by atoms with Gasteiger partial charge in [0.25, 0.3) is 5.91 Å². The van der Waals surface area contributed by atoms with E-state index in [9.17, 15) is 4.79 Å². The molecule has 1 N–H and O–H groups in total. The van der Waals surface area contributed by atoms with E-state index in [2.05, 4.69) is 15.3 Å². The smallest absolute Gasteiger partial charge is 0.271 e. The fraction of sp³-hybridized carbons (Fsp3) is 0.154. The summed E-state index contributed by atoms with van der Waals surface area (Å²) in [7, 11) is 1.60. The Hall–Kier alpha value is -2.14. The Kier molecular flexibility index (Phi) is 4.30. The van der Waals surface area contributed by atoms with E-state index in [4.69, 9.17) is 16.3 Å². The zero-order valence-electron chi connectivity index (χ0n) is 10.3. The van der Waals surface area contributed by atoms with Gasteiger partial charge in [-0.1, -0.05) is 23.7 Å². The Morgan fingerprint density at radius 1 is 1.42 bits per heavy atom. The van der Waals surface area contributed by atoms with Crippen LogP contribution in [0.4, 0.5) is 0 Å². The van der Waals surface area contributed by atoms with Crippen LogP contribution < -0.4 is 10.1 Å². The first-order valence-corrected chi connectivity index (χ1v) is 5.95. The number of nitrogens with zero attached hydrogens (tertiary/aromatic N) is 2. The molecule has 0 aliphatic rings. The van der Waals surface area contributed by atoms with E-state index in [-0.39, 0.29) is 16.8 Å². The van der Waals surface area contributed by atoms with Crippen LogP contribution in [0.2, 0.25) is 5.15 Å². The number of nitrogens with one attached hydrogen (secondary N) is 1. The van der Waals surface area contributed by atoms with E-state index in [0.717, 1.165) is 11.3 Å². The first kappa shape index (κ1) is 13.3. The molecule has 0 radical (unpaired) electrons. The van der Waals surface area contributed by atoms with Crippen LogP contribution in [0.1, 0.15) is 16.1 Å². The predicted octanol–water partition coefficient (Wildman–Crippen LogP) is 2.07. The molecule has 5 nitrogen and oxygen atoms in total. The van der Waals surface area contributed by atoms with E-state index >= 15 is 0 Å². The molecule has 0 fully saturated rings. The molecule has 0 saturated heterocycles. The molecule has 6 heteroatoms. The molecule has 98 valence electrons. The van der Waals surface area contributed by atoms with Crippen LogP contribution in [-0.2, 0) is 6.54 Å². The molecule has 1 aromatic heterocycles. The molecule has 19 heavy (non-hydrogen) atoms. The van der Waals surface area contributed by atoms with E-state index in [0.29, 0.717) is 6.54 Å². The first-order chi connectivity index (χ1) is 9.19. The van der Waals surface area contributed by atoms with E-state index in [1.54, 1.807) is 7.11 Å². The third kappa shape index (κ3) is 3.66. The highest BCUT2D eigenvalue weighted by atomic mass is 35.5. The lowest BCUT2D eigenvalue weighted by Gasteiger charge is -2.06. The SMILES string of the molecule is COc1cccc(CNC(=O)c2cncc(Cl)n2)c1. The Morgan fingerprint density at radius 3 is 3.00 bits per heavy atom. The lowest BCUT2D eigenvalue weighted by atomic mass is 10.2. The number of benzene rings is 1. The molecule has 0 bridgehead atoms. The second-order valence-corrected chi connectivity index (χ2v) is 4.15. The zero-order chi connectivity index (χ0) is 13.7. The van der Waals surface area contributed by atoms with Gasteiger partial charge in [-0.2, -0.15) is 0 Å². The molecule has 0 saturated carbocycles. The summed E-state index contributed by atoms with van der Waals surface area (Å²) < 4.78 is 5.11. The van der Waals surface area contributed by atoms with Crippen LogP contribution in [0.3, 0.4) is 0 Å². The van der Waals surface area contributed by atoms with E-state index in [1.807, 2.05) is 24.3 Å². The van der Waals surface area contributed by atoms with Gasteiger partial charge in [0, 0.05) is 6.54 Å². The summed E-state index contributed by atoms with van der Waals surface area (Å²) >= 11 is 5.68. The van der Waals surface area contributed by atoms with Crippen molar-refractivity contribution in [1.82, 2.24) is 15.3 Å². The van der Waals surface area contributed by atoms with Crippen molar-refractivity contribution < 1.29 is 9.53 Å². The minimum atomic E-state index is -0.321. The summed E-state index contributed by atoms with van der Waals surface area (Å²) in [6, 6.07) is 7.45. The lowest BCUT2D eigenvalue weighted by molar-refractivity contribution is 0.0945. The molecular formula is C13H12ClN3O2. The molecule has 1 aromatic carbocycles.